The monoisotopic (exact) mass is 473 g/mol. The lowest BCUT2D eigenvalue weighted by Gasteiger charge is -2.50. The molecule has 0 unspecified atom stereocenters. The van der Waals surface area contributed by atoms with Crippen molar-refractivity contribution in [3.63, 3.8) is 0 Å². The molecule has 2 aromatic carbocycles. The number of nitrogens with one attached hydrogen (secondary N) is 1. The van der Waals surface area contributed by atoms with Crippen LogP contribution < -0.4 is 5.32 Å². The number of Topliss-reactive ketones (excluding diaryl/α,β-unsaturated/α-hetero) is 1. The van der Waals surface area contributed by atoms with Crippen LogP contribution in [-0.2, 0) is 29.0 Å². The van der Waals surface area contributed by atoms with Crippen molar-refractivity contribution in [2.24, 2.45) is 23.2 Å². The number of fused-ring (bicyclic) bond motifs is 5. The predicted octanol–water partition coefficient (Wildman–Crippen LogP) is 6.09. The Kier molecular flexibility index (Phi) is 6.74. The number of carbonyl (C=O) groups is 2. The summed E-state index contributed by atoms with van der Waals surface area (Å²) in [6.07, 6.45) is 7.96. The molecule has 5 atom stereocenters. The highest BCUT2D eigenvalue weighted by Gasteiger charge is 2.58. The van der Waals surface area contributed by atoms with Crippen LogP contribution in [-0.4, -0.2) is 16.8 Å². The zero-order valence-corrected chi connectivity index (χ0v) is 21.2. The molecule has 0 saturated heterocycles. The number of aromatic hydroxyl groups is 1. The van der Waals surface area contributed by atoms with Gasteiger partial charge in [-0.1, -0.05) is 50.2 Å². The first-order valence-corrected chi connectivity index (χ1v) is 13.6. The van der Waals surface area contributed by atoms with Crippen molar-refractivity contribution < 1.29 is 14.7 Å². The quantitative estimate of drug-likeness (QED) is 0.511. The van der Waals surface area contributed by atoms with E-state index in [9.17, 15) is 14.7 Å². The second kappa shape index (κ2) is 9.79. The van der Waals surface area contributed by atoms with Gasteiger partial charge in [-0.25, -0.2) is 0 Å². The molecule has 2 fully saturated rings. The molecule has 0 aromatic heterocycles. The fourth-order valence-corrected chi connectivity index (χ4v) is 7.67. The molecule has 0 spiro atoms. The van der Waals surface area contributed by atoms with Crippen LogP contribution >= 0.6 is 0 Å². The Labute approximate surface area is 209 Å². The number of benzene rings is 2. The number of phenols is 1. The average Bonchev–Trinajstić information content (AvgIpc) is 3.12. The van der Waals surface area contributed by atoms with E-state index in [-0.39, 0.29) is 11.3 Å². The van der Waals surface area contributed by atoms with Gasteiger partial charge in [-0.3, -0.25) is 9.59 Å². The molecule has 3 aliphatic rings. The SMILES string of the molecule is CCc1cc2c(cc1O)CC[C@H]1[C@@H]3[C@H](CCCC(=O)NCc4ccccc4)CC(=O)[C@@]3(C)CC[C@H]21. The number of aryl methyl sites for hydroxylation is 2. The summed E-state index contributed by atoms with van der Waals surface area (Å²) in [6, 6.07) is 14.3. The first-order valence-electron chi connectivity index (χ1n) is 13.6. The molecule has 2 saturated carbocycles. The van der Waals surface area contributed by atoms with Crippen molar-refractivity contribution >= 4 is 11.7 Å². The van der Waals surface area contributed by atoms with Crippen LogP contribution in [0.15, 0.2) is 42.5 Å². The minimum Gasteiger partial charge on any atom is -0.508 e. The van der Waals surface area contributed by atoms with Gasteiger partial charge in [0.25, 0.3) is 0 Å². The third kappa shape index (κ3) is 4.52. The van der Waals surface area contributed by atoms with E-state index in [2.05, 4.69) is 25.2 Å². The first-order chi connectivity index (χ1) is 16.9. The maximum absolute atomic E-state index is 13.2. The molecular formula is C31H39NO3. The number of phenolic OH excluding ortho intramolecular Hbond substituents is 1. The Morgan fingerprint density at radius 2 is 1.97 bits per heavy atom. The summed E-state index contributed by atoms with van der Waals surface area (Å²) < 4.78 is 0. The van der Waals surface area contributed by atoms with Crippen molar-refractivity contribution in [3.8, 4) is 5.75 Å². The summed E-state index contributed by atoms with van der Waals surface area (Å²) in [4.78, 5) is 25.7. The highest BCUT2D eigenvalue weighted by Crippen LogP contribution is 2.62. The van der Waals surface area contributed by atoms with Crippen LogP contribution in [0.5, 0.6) is 5.75 Å². The largest absolute Gasteiger partial charge is 0.508 e. The number of rotatable bonds is 7. The number of hydrogen-bond acceptors (Lipinski definition) is 3. The Balaban J connectivity index is 1.26. The molecule has 0 bridgehead atoms. The Morgan fingerprint density at radius 1 is 1.17 bits per heavy atom. The molecule has 0 heterocycles. The van der Waals surface area contributed by atoms with Gasteiger partial charge in [-0.15, -0.1) is 0 Å². The van der Waals surface area contributed by atoms with E-state index in [0.29, 0.717) is 54.6 Å². The summed E-state index contributed by atoms with van der Waals surface area (Å²) in [5.41, 5.74) is 4.68. The van der Waals surface area contributed by atoms with E-state index < -0.39 is 0 Å². The third-order valence-electron chi connectivity index (χ3n) is 9.46. The average molecular weight is 474 g/mol. The lowest BCUT2D eigenvalue weighted by atomic mass is 9.54. The Hall–Kier alpha value is -2.62. The molecule has 4 nitrogen and oxygen atoms in total. The van der Waals surface area contributed by atoms with Gasteiger partial charge >= 0.3 is 0 Å². The topological polar surface area (TPSA) is 66.4 Å². The summed E-state index contributed by atoms with van der Waals surface area (Å²) in [5, 5.41) is 13.4. The molecular weight excluding hydrogens is 434 g/mol. The number of hydrogen-bond donors (Lipinski definition) is 2. The van der Waals surface area contributed by atoms with E-state index >= 15 is 0 Å². The fraction of sp³-hybridized carbons (Fsp3) is 0.548. The van der Waals surface area contributed by atoms with Gasteiger partial charge in [0.15, 0.2) is 0 Å². The maximum Gasteiger partial charge on any atom is 0.220 e. The lowest BCUT2D eigenvalue weighted by molar-refractivity contribution is -0.129. The Morgan fingerprint density at radius 3 is 2.74 bits per heavy atom. The fourth-order valence-electron chi connectivity index (χ4n) is 7.67. The van der Waals surface area contributed by atoms with Crippen LogP contribution in [0.25, 0.3) is 0 Å². The smallest absolute Gasteiger partial charge is 0.220 e. The molecule has 0 radical (unpaired) electrons. The first kappa shape index (κ1) is 24.1. The molecule has 3 aliphatic carbocycles. The van der Waals surface area contributed by atoms with E-state index in [0.717, 1.165) is 56.1 Å². The molecule has 186 valence electrons. The second-order valence-electron chi connectivity index (χ2n) is 11.4. The van der Waals surface area contributed by atoms with Gasteiger partial charge in [-0.2, -0.15) is 0 Å². The van der Waals surface area contributed by atoms with Crippen LogP contribution in [0.4, 0.5) is 0 Å². The second-order valence-corrected chi connectivity index (χ2v) is 11.4. The van der Waals surface area contributed by atoms with Crippen molar-refractivity contribution in [2.75, 3.05) is 0 Å². The van der Waals surface area contributed by atoms with Crippen molar-refractivity contribution in [3.05, 3.63) is 64.7 Å². The predicted molar refractivity (Wildman–Crippen MR) is 138 cm³/mol. The minimum atomic E-state index is -0.205. The Bertz CT molecular complexity index is 1090. The molecule has 5 rings (SSSR count). The van der Waals surface area contributed by atoms with Crippen LogP contribution in [0.2, 0.25) is 0 Å². The minimum absolute atomic E-state index is 0.0981. The van der Waals surface area contributed by atoms with Crippen LogP contribution in [0, 0.1) is 23.2 Å². The number of ketones is 1. The summed E-state index contributed by atoms with van der Waals surface area (Å²) in [5.74, 6) is 2.79. The third-order valence-corrected chi connectivity index (χ3v) is 9.46. The molecule has 4 heteroatoms. The molecule has 0 aliphatic heterocycles. The highest BCUT2D eigenvalue weighted by molar-refractivity contribution is 5.87. The van der Waals surface area contributed by atoms with Crippen LogP contribution in [0.3, 0.4) is 0 Å². The van der Waals surface area contributed by atoms with Crippen LogP contribution in [0.1, 0.15) is 87.0 Å². The molecule has 35 heavy (non-hydrogen) atoms. The number of amides is 1. The van der Waals surface area contributed by atoms with Crippen molar-refractivity contribution in [2.45, 2.75) is 84.1 Å². The van der Waals surface area contributed by atoms with E-state index in [1.807, 2.05) is 36.4 Å². The summed E-state index contributed by atoms with van der Waals surface area (Å²) in [7, 11) is 0. The number of carbonyl (C=O) groups excluding carboxylic acids is 2. The normalized spacial score (nSPS) is 29.3. The van der Waals surface area contributed by atoms with E-state index in [1.165, 1.54) is 11.1 Å². The highest BCUT2D eigenvalue weighted by atomic mass is 16.3. The summed E-state index contributed by atoms with van der Waals surface area (Å²) >= 11 is 0. The summed E-state index contributed by atoms with van der Waals surface area (Å²) in [6.45, 7) is 4.90. The van der Waals surface area contributed by atoms with Crippen molar-refractivity contribution in [1.82, 2.24) is 5.32 Å². The van der Waals surface area contributed by atoms with Gasteiger partial charge < -0.3 is 10.4 Å². The molecule has 1 amide bonds. The van der Waals surface area contributed by atoms with Gasteiger partial charge in [0.1, 0.15) is 11.5 Å². The maximum atomic E-state index is 13.2. The standard InChI is InChI=1S/C31H39NO3/c1-3-21-16-26-22(17-27(21)33)12-13-25-24(26)14-15-31(2)28(34)18-23(30(25)31)10-7-11-29(35)32-19-20-8-5-4-6-9-20/h4-6,8-9,16-17,23-25,30,33H,3,7,10-15,18-19H2,1-2H3,(H,32,35)/t23-,24+,25-,30+,31-/m1/s1. The zero-order valence-electron chi connectivity index (χ0n) is 21.2. The van der Waals surface area contributed by atoms with Gasteiger partial charge in [0.2, 0.25) is 5.91 Å². The van der Waals surface area contributed by atoms with Crippen molar-refractivity contribution in [1.29, 1.82) is 0 Å². The van der Waals surface area contributed by atoms with E-state index in [4.69, 9.17) is 0 Å². The van der Waals surface area contributed by atoms with Gasteiger partial charge in [0, 0.05) is 24.8 Å². The lowest BCUT2D eigenvalue weighted by Crippen LogP contribution is -2.44. The van der Waals surface area contributed by atoms with E-state index in [1.54, 1.807) is 0 Å². The van der Waals surface area contributed by atoms with Gasteiger partial charge in [0.05, 0.1) is 0 Å². The van der Waals surface area contributed by atoms with Gasteiger partial charge in [-0.05, 0) is 96.9 Å². The zero-order chi connectivity index (χ0) is 24.6. The molecule has 2 aromatic rings. The molecule has 2 N–H and O–H groups in total.